The quantitative estimate of drug-likeness (QED) is 0.885. The van der Waals surface area contributed by atoms with Crippen molar-refractivity contribution in [2.24, 2.45) is 0 Å². The predicted molar refractivity (Wildman–Crippen MR) is 100 cm³/mol. The lowest BCUT2D eigenvalue weighted by atomic mass is 10.1. The van der Waals surface area contributed by atoms with Crippen molar-refractivity contribution in [1.29, 1.82) is 0 Å². The molecule has 0 radical (unpaired) electrons. The molecule has 0 unspecified atom stereocenters. The van der Waals surface area contributed by atoms with Crippen LogP contribution in [0.1, 0.15) is 33.2 Å². The largest absolute Gasteiger partial charge is 0.348 e. The number of pyridine rings is 1. The van der Waals surface area contributed by atoms with E-state index < -0.39 is 0 Å². The first-order valence-corrected chi connectivity index (χ1v) is 8.86. The maximum absolute atomic E-state index is 12.6. The van der Waals surface area contributed by atoms with E-state index in [1.807, 2.05) is 12.1 Å². The fourth-order valence-electron chi connectivity index (χ4n) is 2.96. The van der Waals surface area contributed by atoms with Crippen LogP contribution in [0.2, 0.25) is 0 Å². The number of carbonyl (C=O) groups is 3. The number of rotatable bonds is 4. The third-order valence-corrected chi connectivity index (χ3v) is 4.61. The molecule has 0 atom stereocenters. The maximum atomic E-state index is 12.6. The molecule has 0 bridgehead atoms. The molecule has 1 saturated heterocycles. The monoisotopic (exact) mass is 366 g/mol. The van der Waals surface area contributed by atoms with Gasteiger partial charge in [0.25, 0.3) is 11.8 Å². The van der Waals surface area contributed by atoms with E-state index in [2.05, 4.69) is 10.3 Å². The number of nitrogens with zero attached hydrogens (tertiary/aromatic N) is 3. The van der Waals surface area contributed by atoms with E-state index in [1.54, 1.807) is 46.5 Å². The molecule has 0 saturated carbocycles. The van der Waals surface area contributed by atoms with Gasteiger partial charge in [0.1, 0.15) is 0 Å². The van der Waals surface area contributed by atoms with Crippen LogP contribution in [0.25, 0.3) is 0 Å². The zero-order valence-electron chi connectivity index (χ0n) is 15.2. The van der Waals surface area contributed by atoms with E-state index >= 15 is 0 Å². The second kappa shape index (κ2) is 8.44. The summed E-state index contributed by atoms with van der Waals surface area (Å²) in [4.78, 5) is 43.6. The third-order valence-electron chi connectivity index (χ3n) is 4.61. The number of hydrogen-bond donors (Lipinski definition) is 1. The molecule has 1 fully saturated rings. The van der Waals surface area contributed by atoms with Gasteiger partial charge in [-0.1, -0.05) is 0 Å². The lowest BCUT2D eigenvalue weighted by molar-refractivity contribution is -0.130. The number of hydrogen-bond acceptors (Lipinski definition) is 4. The van der Waals surface area contributed by atoms with E-state index in [9.17, 15) is 14.4 Å². The molecule has 2 heterocycles. The summed E-state index contributed by atoms with van der Waals surface area (Å²) in [7, 11) is 0. The van der Waals surface area contributed by atoms with Gasteiger partial charge in [-0.25, -0.2) is 0 Å². The number of amides is 3. The van der Waals surface area contributed by atoms with Gasteiger partial charge >= 0.3 is 0 Å². The summed E-state index contributed by atoms with van der Waals surface area (Å²) in [5.41, 5.74) is 2.01. The Hall–Kier alpha value is -3.22. The van der Waals surface area contributed by atoms with Crippen molar-refractivity contribution in [2.45, 2.75) is 13.5 Å². The lowest BCUT2D eigenvalue weighted by Crippen LogP contribution is -2.50. The molecule has 1 N–H and O–H groups in total. The zero-order chi connectivity index (χ0) is 19.2. The smallest absolute Gasteiger partial charge is 0.253 e. The topological polar surface area (TPSA) is 82.6 Å². The number of benzene rings is 1. The van der Waals surface area contributed by atoms with Crippen LogP contribution in [-0.4, -0.2) is 58.7 Å². The Labute approximate surface area is 158 Å². The van der Waals surface area contributed by atoms with Gasteiger partial charge in [0.05, 0.1) is 0 Å². The number of nitrogens with one attached hydrogen (secondary N) is 1. The fourth-order valence-corrected chi connectivity index (χ4v) is 2.96. The highest BCUT2D eigenvalue weighted by Gasteiger charge is 2.23. The molecular weight excluding hydrogens is 344 g/mol. The Balaban J connectivity index is 1.56. The summed E-state index contributed by atoms with van der Waals surface area (Å²) in [5, 5.41) is 2.84. The Morgan fingerprint density at radius 2 is 1.44 bits per heavy atom. The van der Waals surface area contributed by atoms with Crippen LogP contribution in [0.5, 0.6) is 0 Å². The van der Waals surface area contributed by atoms with Crippen LogP contribution < -0.4 is 5.32 Å². The summed E-state index contributed by atoms with van der Waals surface area (Å²) in [6, 6.07) is 10.3. The van der Waals surface area contributed by atoms with Crippen molar-refractivity contribution in [1.82, 2.24) is 20.1 Å². The summed E-state index contributed by atoms with van der Waals surface area (Å²) in [5.74, 6) is -0.243. The average molecular weight is 366 g/mol. The normalized spacial score (nSPS) is 14.0. The Morgan fingerprint density at radius 1 is 0.889 bits per heavy atom. The first-order chi connectivity index (χ1) is 13.0. The Bertz CT molecular complexity index is 813. The first kappa shape index (κ1) is 18.6. The SMILES string of the molecule is CC(=O)N1CCN(C(=O)c2ccc(C(=O)NCc3ccncc3)cc2)CC1. The molecule has 2 aromatic rings. The number of piperazine rings is 1. The van der Waals surface area contributed by atoms with Crippen molar-refractivity contribution >= 4 is 17.7 Å². The van der Waals surface area contributed by atoms with Crippen molar-refractivity contribution in [3.63, 3.8) is 0 Å². The molecule has 1 aliphatic rings. The second-order valence-corrected chi connectivity index (χ2v) is 6.41. The highest BCUT2D eigenvalue weighted by Crippen LogP contribution is 2.11. The van der Waals surface area contributed by atoms with E-state index in [1.165, 1.54) is 6.92 Å². The van der Waals surface area contributed by atoms with E-state index in [0.29, 0.717) is 43.9 Å². The summed E-state index contributed by atoms with van der Waals surface area (Å²) < 4.78 is 0. The van der Waals surface area contributed by atoms with Crippen molar-refractivity contribution < 1.29 is 14.4 Å². The van der Waals surface area contributed by atoms with Gasteiger partial charge in [-0.3, -0.25) is 19.4 Å². The van der Waals surface area contributed by atoms with Crippen molar-refractivity contribution in [2.75, 3.05) is 26.2 Å². The van der Waals surface area contributed by atoms with Crippen LogP contribution >= 0.6 is 0 Å². The van der Waals surface area contributed by atoms with Gasteiger partial charge in [0, 0.05) is 63.2 Å². The molecular formula is C20H22N4O3. The van der Waals surface area contributed by atoms with Gasteiger partial charge in [0.15, 0.2) is 0 Å². The zero-order valence-corrected chi connectivity index (χ0v) is 15.2. The predicted octanol–water partition coefficient (Wildman–Crippen LogP) is 1.32. The van der Waals surface area contributed by atoms with Crippen LogP contribution in [-0.2, 0) is 11.3 Å². The minimum absolute atomic E-state index is 0.0317. The van der Waals surface area contributed by atoms with E-state index in [4.69, 9.17) is 0 Å². The molecule has 0 spiro atoms. The maximum Gasteiger partial charge on any atom is 0.253 e. The summed E-state index contributed by atoms with van der Waals surface area (Å²) in [6.45, 7) is 4.10. The van der Waals surface area contributed by atoms with Crippen molar-refractivity contribution in [3.05, 3.63) is 65.5 Å². The van der Waals surface area contributed by atoms with Gasteiger partial charge in [-0.15, -0.1) is 0 Å². The van der Waals surface area contributed by atoms with Gasteiger partial charge in [-0.2, -0.15) is 0 Å². The summed E-state index contributed by atoms with van der Waals surface area (Å²) >= 11 is 0. The Morgan fingerprint density at radius 3 is 2.04 bits per heavy atom. The Kier molecular flexibility index (Phi) is 5.80. The molecule has 140 valence electrons. The van der Waals surface area contributed by atoms with Gasteiger partial charge in [0.2, 0.25) is 5.91 Å². The van der Waals surface area contributed by atoms with Gasteiger partial charge < -0.3 is 15.1 Å². The van der Waals surface area contributed by atoms with Crippen LogP contribution in [0.15, 0.2) is 48.8 Å². The number of aromatic nitrogens is 1. The van der Waals surface area contributed by atoms with E-state index in [-0.39, 0.29) is 17.7 Å². The molecule has 7 heteroatoms. The standard InChI is InChI=1S/C20H22N4O3/c1-15(25)23-10-12-24(13-11-23)20(27)18-4-2-17(3-5-18)19(26)22-14-16-6-8-21-9-7-16/h2-9H,10-14H2,1H3,(H,22,26). The summed E-state index contributed by atoms with van der Waals surface area (Å²) in [6.07, 6.45) is 3.36. The van der Waals surface area contributed by atoms with Crippen molar-refractivity contribution in [3.8, 4) is 0 Å². The molecule has 7 nitrogen and oxygen atoms in total. The molecule has 1 aromatic heterocycles. The van der Waals surface area contributed by atoms with Crippen LogP contribution in [0.3, 0.4) is 0 Å². The second-order valence-electron chi connectivity index (χ2n) is 6.41. The molecule has 1 aromatic carbocycles. The minimum Gasteiger partial charge on any atom is -0.348 e. The first-order valence-electron chi connectivity index (χ1n) is 8.86. The van der Waals surface area contributed by atoms with Crippen LogP contribution in [0, 0.1) is 0 Å². The molecule has 0 aliphatic carbocycles. The molecule has 27 heavy (non-hydrogen) atoms. The lowest BCUT2D eigenvalue weighted by Gasteiger charge is -2.34. The van der Waals surface area contributed by atoms with Crippen LogP contribution in [0.4, 0.5) is 0 Å². The molecule has 1 aliphatic heterocycles. The third kappa shape index (κ3) is 4.69. The molecule has 3 amide bonds. The molecule has 3 rings (SSSR count). The van der Waals surface area contributed by atoms with Gasteiger partial charge in [-0.05, 0) is 42.0 Å². The highest BCUT2D eigenvalue weighted by atomic mass is 16.2. The highest BCUT2D eigenvalue weighted by molar-refractivity contribution is 5.97. The fraction of sp³-hybridized carbons (Fsp3) is 0.300. The van der Waals surface area contributed by atoms with E-state index in [0.717, 1.165) is 5.56 Å². The minimum atomic E-state index is -0.194. The number of carbonyl (C=O) groups excluding carboxylic acids is 3. The average Bonchev–Trinajstić information content (AvgIpc) is 2.72.